The molecule has 0 amide bonds. The smallest absolute Gasteiger partial charge is 0.342 e. The van der Waals surface area contributed by atoms with Crippen molar-refractivity contribution < 1.29 is 9.90 Å². The van der Waals surface area contributed by atoms with Gasteiger partial charge < -0.3 is 5.11 Å². The number of carbonyl (C=O) groups is 1. The van der Waals surface area contributed by atoms with E-state index in [9.17, 15) is 4.79 Å². The quantitative estimate of drug-likeness (QED) is 0.885. The summed E-state index contributed by atoms with van der Waals surface area (Å²) in [4.78, 5) is 10.7. The van der Waals surface area contributed by atoms with Gasteiger partial charge in [-0.05, 0) is 40.2 Å². The van der Waals surface area contributed by atoms with Crippen molar-refractivity contribution in [3.05, 3.63) is 52.8 Å². The van der Waals surface area contributed by atoms with E-state index in [0.29, 0.717) is 5.69 Å². The van der Waals surface area contributed by atoms with Crippen molar-refractivity contribution in [1.29, 1.82) is 0 Å². The predicted octanol–water partition coefficient (Wildman–Crippen LogP) is 2.69. The molecule has 0 aliphatic heterocycles. The number of carboxylic acid groups (broad SMARTS) is 1. The number of hydrogen-bond donors (Lipinski definition) is 1. The zero-order valence-corrected chi connectivity index (χ0v) is 10.3. The number of aromatic nitrogens is 2. The first kappa shape index (κ1) is 11.6. The minimum Gasteiger partial charge on any atom is -0.477 e. The van der Waals surface area contributed by atoms with Crippen LogP contribution >= 0.6 is 15.9 Å². The number of para-hydroxylation sites is 1. The standard InChI is InChI=1S/C12H9BrN2O2/c13-11(12(16)17)8-10-6-7-14-15(10)9-4-2-1-3-5-9/h1-8H,(H,16,17). The SMILES string of the molecule is O=C(O)C(Br)=Cc1ccnn1-c1ccccc1. The second-order valence-electron chi connectivity index (χ2n) is 3.30. The fourth-order valence-electron chi connectivity index (χ4n) is 1.40. The molecule has 5 heteroatoms. The van der Waals surface area contributed by atoms with Crippen molar-refractivity contribution in [3.63, 3.8) is 0 Å². The van der Waals surface area contributed by atoms with Crippen LogP contribution in [0.2, 0.25) is 0 Å². The van der Waals surface area contributed by atoms with Crippen molar-refractivity contribution in [2.75, 3.05) is 0 Å². The van der Waals surface area contributed by atoms with E-state index in [1.54, 1.807) is 16.9 Å². The van der Waals surface area contributed by atoms with Crippen molar-refractivity contribution in [3.8, 4) is 5.69 Å². The van der Waals surface area contributed by atoms with E-state index < -0.39 is 5.97 Å². The molecule has 4 nitrogen and oxygen atoms in total. The molecule has 0 aliphatic carbocycles. The molecule has 1 heterocycles. The lowest BCUT2D eigenvalue weighted by atomic mass is 10.3. The summed E-state index contributed by atoms with van der Waals surface area (Å²) in [6.45, 7) is 0. The number of benzene rings is 1. The van der Waals surface area contributed by atoms with E-state index >= 15 is 0 Å². The summed E-state index contributed by atoms with van der Waals surface area (Å²) in [7, 11) is 0. The van der Waals surface area contributed by atoms with E-state index in [0.717, 1.165) is 5.69 Å². The third-order valence-electron chi connectivity index (χ3n) is 2.15. The molecule has 1 aromatic carbocycles. The maximum absolute atomic E-state index is 10.7. The molecular formula is C12H9BrN2O2. The Morgan fingerprint density at radius 1 is 1.29 bits per heavy atom. The molecule has 17 heavy (non-hydrogen) atoms. The van der Waals surface area contributed by atoms with Crippen molar-refractivity contribution in [2.24, 2.45) is 0 Å². The highest BCUT2D eigenvalue weighted by Crippen LogP contribution is 2.15. The van der Waals surface area contributed by atoms with Gasteiger partial charge in [0.1, 0.15) is 4.48 Å². The molecule has 1 aromatic heterocycles. The second kappa shape index (κ2) is 4.97. The molecule has 2 rings (SSSR count). The zero-order chi connectivity index (χ0) is 12.3. The summed E-state index contributed by atoms with van der Waals surface area (Å²) in [5.74, 6) is -1.01. The minimum atomic E-state index is -1.01. The highest BCUT2D eigenvalue weighted by Gasteiger charge is 2.06. The molecule has 0 fully saturated rings. The summed E-state index contributed by atoms with van der Waals surface area (Å²) >= 11 is 2.99. The van der Waals surface area contributed by atoms with Gasteiger partial charge in [-0.1, -0.05) is 18.2 Å². The second-order valence-corrected chi connectivity index (χ2v) is 4.16. The first-order valence-electron chi connectivity index (χ1n) is 4.88. The van der Waals surface area contributed by atoms with E-state index in [-0.39, 0.29) is 4.48 Å². The van der Waals surface area contributed by atoms with Crippen molar-refractivity contribution >= 4 is 28.0 Å². The van der Waals surface area contributed by atoms with Crippen LogP contribution in [0.4, 0.5) is 0 Å². The molecule has 0 atom stereocenters. The first-order valence-corrected chi connectivity index (χ1v) is 5.68. The summed E-state index contributed by atoms with van der Waals surface area (Å²) in [5, 5.41) is 13.0. The Morgan fingerprint density at radius 2 is 2.00 bits per heavy atom. The minimum absolute atomic E-state index is 0.0928. The molecule has 0 bridgehead atoms. The maximum atomic E-state index is 10.7. The number of nitrogens with zero attached hydrogens (tertiary/aromatic N) is 2. The monoisotopic (exact) mass is 292 g/mol. The first-order chi connectivity index (χ1) is 8.18. The fourth-order valence-corrected chi connectivity index (χ4v) is 1.63. The summed E-state index contributed by atoms with van der Waals surface area (Å²) < 4.78 is 1.76. The fraction of sp³-hybridized carbons (Fsp3) is 0. The van der Waals surface area contributed by atoms with Crippen molar-refractivity contribution in [2.45, 2.75) is 0 Å². The number of carboxylic acids is 1. The predicted molar refractivity (Wildman–Crippen MR) is 68.1 cm³/mol. The average molecular weight is 293 g/mol. The molecule has 0 radical (unpaired) electrons. The average Bonchev–Trinajstić information content (AvgIpc) is 2.78. The summed E-state index contributed by atoms with van der Waals surface area (Å²) in [6, 6.07) is 11.3. The topological polar surface area (TPSA) is 55.1 Å². The lowest BCUT2D eigenvalue weighted by molar-refractivity contribution is -0.131. The Kier molecular flexibility index (Phi) is 3.39. The largest absolute Gasteiger partial charge is 0.477 e. The van der Waals surface area contributed by atoms with Crippen LogP contribution in [0.15, 0.2) is 47.1 Å². The Bertz CT molecular complexity index is 561. The van der Waals surface area contributed by atoms with Gasteiger partial charge in [-0.2, -0.15) is 5.10 Å². The van der Waals surface area contributed by atoms with Gasteiger partial charge in [0.25, 0.3) is 0 Å². The lowest BCUT2D eigenvalue weighted by Crippen LogP contribution is -2.00. The third-order valence-corrected chi connectivity index (χ3v) is 2.72. The van der Waals surface area contributed by atoms with E-state index in [1.165, 1.54) is 6.08 Å². The van der Waals surface area contributed by atoms with Crippen LogP contribution in [-0.2, 0) is 4.79 Å². The molecule has 86 valence electrons. The highest BCUT2D eigenvalue weighted by atomic mass is 79.9. The number of hydrogen-bond acceptors (Lipinski definition) is 2. The van der Waals surface area contributed by atoms with E-state index in [1.807, 2.05) is 30.3 Å². The van der Waals surface area contributed by atoms with Gasteiger partial charge in [0.05, 0.1) is 17.6 Å². The zero-order valence-electron chi connectivity index (χ0n) is 8.75. The van der Waals surface area contributed by atoms with E-state index in [2.05, 4.69) is 21.0 Å². The van der Waals surface area contributed by atoms with Crippen LogP contribution in [0.25, 0.3) is 11.8 Å². The third kappa shape index (κ3) is 2.62. The highest BCUT2D eigenvalue weighted by molar-refractivity contribution is 9.12. The van der Waals surface area contributed by atoms with Gasteiger partial charge in [0.2, 0.25) is 0 Å². The lowest BCUT2D eigenvalue weighted by Gasteiger charge is -2.03. The number of rotatable bonds is 3. The molecule has 0 saturated heterocycles. The Balaban J connectivity index is 2.43. The maximum Gasteiger partial charge on any atom is 0.342 e. The Morgan fingerprint density at radius 3 is 2.65 bits per heavy atom. The molecule has 2 aromatic rings. The van der Waals surface area contributed by atoms with Gasteiger partial charge in [-0.25, -0.2) is 9.48 Å². The van der Waals surface area contributed by atoms with Gasteiger partial charge in [0, 0.05) is 0 Å². The molecular weight excluding hydrogens is 284 g/mol. The molecule has 0 aliphatic rings. The molecule has 1 N–H and O–H groups in total. The van der Waals surface area contributed by atoms with Gasteiger partial charge in [0.15, 0.2) is 0 Å². The molecule has 0 spiro atoms. The van der Waals surface area contributed by atoms with Crippen LogP contribution in [0, 0.1) is 0 Å². The molecule has 0 saturated carbocycles. The number of aliphatic carboxylic acids is 1. The van der Waals surface area contributed by atoms with Crippen molar-refractivity contribution in [1.82, 2.24) is 9.78 Å². The van der Waals surface area contributed by atoms with Crippen LogP contribution in [0.3, 0.4) is 0 Å². The van der Waals surface area contributed by atoms with Crippen LogP contribution in [0.5, 0.6) is 0 Å². The van der Waals surface area contributed by atoms with E-state index in [4.69, 9.17) is 5.11 Å². The Hall–Kier alpha value is -1.88. The summed E-state index contributed by atoms with van der Waals surface area (Å²) in [5.41, 5.74) is 1.58. The summed E-state index contributed by atoms with van der Waals surface area (Å²) in [6.07, 6.45) is 3.14. The molecule has 0 unspecified atom stereocenters. The Labute approximate surface area is 106 Å². The number of halogens is 1. The van der Waals surface area contributed by atoms with Crippen LogP contribution < -0.4 is 0 Å². The van der Waals surface area contributed by atoms with Gasteiger partial charge >= 0.3 is 5.97 Å². The normalized spacial score (nSPS) is 11.5. The van der Waals surface area contributed by atoms with Crippen LogP contribution in [0.1, 0.15) is 5.69 Å². The van der Waals surface area contributed by atoms with Gasteiger partial charge in [-0.15, -0.1) is 0 Å². The van der Waals surface area contributed by atoms with Crippen LogP contribution in [-0.4, -0.2) is 20.9 Å². The van der Waals surface area contributed by atoms with Gasteiger partial charge in [-0.3, -0.25) is 0 Å².